The molecular weight excluding hydrogens is 400 g/mol. The number of hydrogen-bond acceptors (Lipinski definition) is 5. The predicted octanol–water partition coefficient (Wildman–Crippen LogP) is 3.40. The largest absolute Gasteiger partial charge is 0.340 e. The predicted molar refractivity (Wildman–Crippen MR) is 104 cm³/mol. The summed E-state index contributed by atoms with van der Waals surface area (Å²) in [5, 5.41) is 0. The Kier molecular flexibility index (Phi) is 6.93. The van der Waals surface area contributed by atoms with E-state index in [0.29, 0.717) is 10.9 Å². The van der Waals surface area contributed by atoms with Gasteiger partial charge in [0, 0.05) is 25.5 Å². The van der Waals surface area contributed by atoms with Gasteiger partial charge in [-0.2, -0.15) is 4.31 Å². The van der Waals surface area contributed by atoms with Gasteiger partial charge in [-0.3, -0.25) is 4.79 Å². The van der Waals surface area contributed by atoms with Gasteiger partial charge in [-0.1, -0.05) is 23.7 Å². The highest BCUT2D eigenvalue weighted by atomic mass is 35.5. The van der Waals surface area contributed by atoms with Crippen LogP contribution in [0.15, 0.2) is 45.5 Å². The van der Waals surface area contributed by atoms with Crippen LogP contribution in [-0.4, -0.2) is 50.4 Å². The van der Waals surface area contributed by atoms with Crippen LogP contribution >= 0.6 is 34.7 Å². The molecule has 1 heterocycles. The summed E-state index contributed by atoms with van der Waals surface area (Å²) >= 11 is 8.42. The van der Waals surface area contributed by atoms with Crippen LogP contribution in [0, 0.1) is 0 Å². The summed E-state index contributed by atoms with van der Waals surface area (Å²) < 4.78 is 26.4. The number of benzene rings is 1. The third kappa shape index (κ3) is 5.21. The van der Waals surface area contributed by atoms with E-state index >= 15 is 0 Å². The number of thiophene rings is 1. The third-order valence-corrected chi connectivity index (χ3v) is 7.82. The van der Waals surface area contributed by atoms with Crippen LogP contribution in [-0.2, 0) is 21.4 Å². The van der Waals surface area contributed by atoms with Gasteiger partial charge < -0.3 is 4.90 Å². The fourth-order valence-electron chi connectivity index (χ4n) is 2.08. The van der Waals surface area contributed by atoms with Gasteiger partial charge in [0.2, 0.25) is 5.91 Å². The zero-order valence-corrected chi connectivity index (χ0v) is 17.3. The summed E-state index contributed by atoms with van der Waals surface area (Å²) in [7, 11) is -0.661. The summed E-state index contributed by atoms with van der Waals surface area (Å²) in [6.07, 6.45) is 2.00. The number of likely N-dealkylation sites (N-methyl/N-ethyl adjacent to an activating group) is 2. The Morgan fingerprint density at radius 2 is 1.80 bits per heavy atom. The zero-order chi connectivity index (χ0) is 18.6. The number of carbonyl (C=O) groups is 1. The summed E-state index contributed by atoms with van der Waals surface area (Å²) in [5.74, 6) is -0.275. The lowest BCUT2D eigenvalue weighted by Crippen LogP contribution is -2.38. The van der Waals surface area contributed by atoms with Gasteiger partial charge in [-0.05, 0) is 36.1 Å². The first-order valence-electron chi connectivity index (χ1n) is 7.32. The average molecular weight is 419 g/mol. The molecule has 0 aliphatic carbocycles. The van der Waals surface area contributed by atoms with Gasteiger partial charge in [-0.25, -0.2) is 8.42 Å². The second-order valence-corrected chi connectivity index (χ2v) is 10.3. The number of halogens is 1. The van der Waals surface area contributed by atoms with Gasteiger partial charge in [0.25, 0.3) is 10.0 Å². The van der Waals surface area contributed by atoms with E-state index in [1.54, 1.807) is 18.8 Å². The maximum absolute atomic E-state index is 12.4. The van der Waals surface area contributed by atoms with Crippen molar-refractivity contribution in [2.45, 2.75) is 15.6 Å². The number of sulfonamides is 1. The molecule has 1 aromatic carbocycles. The summed E-state index contributed by atoms with van der Waals surface area (Å²) in [4.78, 5) is 15.0. The molecule has 0 aliphatic heterocycles. The molecular formula is C16H19ClN2O3S3. The molecule has 0 spiro atoms. The van der Waals surface area contributed by atoms with Crippen molar-refractivity contribution in [1.82, 2.24) is 9.21 Å². The number of hydrogen-bond donors (Lipinski definition) is 0. The van der Waals surface area contributed by atoms with Crippen molar-refractivity contribution < 1.29 is 13.2 Å². The summed E-state index contributed by atoms with van der Waals surface area (Å²) in [6, 6.07) is 10.9. The normalized spacial score (nSPS) is 11.7. The van der Waals surface area contributed by atoms with E-state index in [9.17, 15) is 13.2 Å². The van der Waals surface area contributed by atoms with E-state index in [0.717, 1.165) is 26.1 Å². The molecule has 25 heavy (non-hydrogen) atoms. The highest BCUT2D eigenvalue weighted by Gasteiger charge is 2.25. The van der Waals surface area contributed by atoms with Gasteiger partial charge in [0.05, 0.1) is 10.9 Å². The van der Waals surface area contributed by atoms with E-state index < -0.39 is 10.0 Å². The molecule has 1 aromatic heterocycles. The number of carbonyl (C=O) groups excluding carboxylic acids is 1. The maximum atomic E-state index is 12.4. The summed E-state index contributed by atoms with van der Waals surface area (Å²) in [6.45, 7) is 0.198. The lowest BCUT2D eigenvalue weighted by atomic mass is 10.2. The highest BCUT2D eigenvalue weighted by Crippen LogP contribution is 2.27. The average Bonchev–Trinajstić information content (AvgIpc) is 3.02. The smallest absolute Gasteiger partial charge is 0.252 e. The van der Waals surface area contributed by atoms with E-state index in [1.165, 1.54) is 24.1 Å². The quantitative estimate of drug-likeness (QED) is 0.646. The third-order valence-electron chi connectivity index (χ3n) is 3.58. The van der Waals surface area contributed by atoms with Crippen LogP contribution in [0.2, 0.25) is 4.34 Å². The first kappa shape index (κ1) is 20.3. The molecule has 0 radical (unpaired) electrons. The van der Waals surface area contributed by atoms with Crippen molar-refractivity contribution >= 4 is 50.6 Å². The Bertz CT molecular complexity index is 835. The standard InChI is InChI=1S/C16H19ClN2O3S3/c1-18(10-12-4-6-13(23-3)7-5-12)15(20)11-19(2)25(21,22)16-9-8-14(17)24-16/h4-9H,10-11H2,1-3H3. The van der Waals surface area contributed by atoms with E-state index in [2.05, 4.69) is 0 Å². The Hall–Kier alpha value is -1.06. The Morgan fingerprint density at radius 1 is 1.16 bits per heavy atom. The fourth-order valence-corrected chi connectivity index (χ4v) is 5.30. The van der Waals surface area contributed by atoms with Crippen LogP contribution in [0.3, 0.4) is 0 Å². The van der Waals surface area contributed by atoms with Crippen LogP contribution < -0.4 is 0 Å². The second kappa shape index (κ2) is 8.55. The SMILES string of the molecule is CSc1ccc(CN(C)C(=O)CN(C)S(=O)(=O)c2ccc(Cl)s2)cc1. The van der Waals surface area contributed by atoms with Crippen LogP contribution in [0.1, 0.15) is 5.56 Å². The monoisotopic (exact) mass is 418 g/mol. The summed E-state index contributed by atoms with van der Waals surface area (Å²) in [5.41, 5.74) is 0.990. The number of rotatable bonds is 7. The molecule has 2 rings (SSSR count). The Morgan fingerprint density at radius 3 is 2.32 bits per heavy atom. The number of thioether (sulfide) groups is 1. The number of nitrogens with zero attached hydrogens (tertiary/aromatic N) is 2. The van der Waals surface area contributed by atoms with E-state index in [-0.39, 0.29) is 16.7 Å². The molecule has 2 aromatic rings. The molecule has 0 saturated heterocycles. The topological polar surface area (TPSA) is 57.7 Å². The first-order valence-corrected chi connectivity index (χ1v) is 11.2. The molecule has 0 unspecified atom stereocenters. The van der Waals surface area contributed by atoms with Crippen LogP contribution in [0.25, 0.3) is 0 Å². The molecule has 0 aliphatic rings. The van der Waals surface area contributed by atoms with E-state index in [4.69, 9.17) is 11.6 Å². The minimum absolute atomic E-state index is 0.128. The van der Waals surface area contributed by atoms with E-state index in [1.807, 2.05) is 30.5 Å². The van der Waals surface area contributed by atoms with Crippen LogP contribution in [0.5, 0.6) is 0 Å². The van der Waals surface area contributed by atoms with Crippen molar-refractivity contribution in [3.05, 3.63) is 46.3 Å². The van der Waals surface area contributed by atoms with Crippen LogP contribution in [0.4, 0.5) is 0 Å². The molecule has 0 N–H and O–H groups in total. The van der Waals surface area contributed by atoms with Crippen molar-refractivity contribution in [1.29, 1.82) is 0 Å². The number of amides is 1. The van der Waals surface area contributed by atoms with Crippen molar-refractivity contribution in [2.75, 3.05) is 26.9 Å². The molecule has 9 heteroatoms. The zero-order valence-electron chi connectivity index (χ0n) is 14.1. The molecule has 136 valence electrons. The Balaban J connectivity index is 1.99. The van der Waals surface area contributed by atoms with Gasteiger partial charge >= 0.3 is 0 Å². The molecule has 0 saturated carbocycles. The lowest BCUT2D eigenvalue weighted by molar-refractivity contribution is -0.130. The molecule has 5 nitrogen and oxygen atoms in total. The lowest BCUT2D eigenvalue weighted by Gasteiger charge is -2.21. The minimum atomic E-state index is -3.71. The van der Waals surface area contributed by atoms with Gasteiger partial charge in [0.1, 0.15) is 4.21 Å². The van der Waals surface area contributed by atoms with Gasteiger partial charge in [0.15, 0.2) is 0 Å². The molecule has 0 bridgehead atoms. The van der Waals surface area contributed by atoms with Crippen molar-refractivity contribution in [3.8, 4) is 0 Å². The highest BCUT2D eigenvalue weighted by molar-refractivity contribution is 7.98. The molecule has 0 atom stereocenters. The molecule has 1 amide bonds. The first-order chi connectivity index (χ1) is 11.7. The van der Waals surface area contributed by atoms with Crippen molar-refractivity contribution in [3.63, 3.8) is 0 Å². The fraction of sp³-hybridized carbons (Fsp3) is 0.312. The van der Waals surface area contributed by atoms with Crippen molar-refractivity contribution in [2.24, 2.45) is 0 Å². The minimum Gasteiger partial charge on any atom is -0.340 e. The maximum Gasteiger partial charge on any atom is 0.252 e. The Labute approximate surface area is 161 Å². The second-order valence-electron chi connectivity index (χ2n) is 5.42. The molecule has 0 fully saturated rings. The van der Waals surface area contributed by atoms with Gasteiger partial charge in [-0.15, -0.1) is 23.1 Å².